The molecule has 5 heterocycles. The van der Waals surface area contributed by atoms with Gasteiger partial charge in [-0.3, -0.25) is 15.1 Å². The van der Waals surface area contributed by atoms with Gasteiger partial charge in [-0.15, -0.1) is 5.10 Å². The SMILES string of the molecule is C[C@@H](OC(=O)Nc1c(-c2ccc(NC(=O)c3cnc(N4CCOCC4)nc3)cn2)nnn1C)c1cc(F)cnc1F. The summed E-state index contributed by atoms with van der Waals surface area (Å²) in [6, 6.07) is 4.07. The number of halogens is 2. The minimum Gasteiger partial charge on any atom is -0.441 e. The first-order valence-corrected chi connectivity index (χ1v) is 12.4. The van der Waals surface area contributed by atoms with Crippen LogP contribution in [0.25, 0.3) is 11.4 Å². The first kappa shape index (κ1) is 27.4. The van der Waals surface area contributed by atoms with Gasteiger partial charge in [0.2, 0.25) is 11.9 Å². The predicted molar refractivity (Wildman–Crippen MR) is 140 cm³/mol. The number of morpholine rings is 1. The van der Waals surface area contributed by atoms with Gasteiger partial charge in [-0.2, -0.15) is 4.39 Å². The van der Waals surface area contributed by atoms with E-state index in [1.54, 1.807) is 12.1 Å². The summed E-state index contributed by atoms with van der Waals surface area (Å²) >= 11 is 0. The number of aryl methyl sites for hydroxylation is 1. The number of carbonyl (C=O) groups is 2. The van der Waals surface area contributed by atoms with Crippen molar-refractivity contribution in [1.29, 1.82) is 0 Å². The molecule has 4 aromatic rings. The number of carbonyl (C=O) groups excluding carboxylic acids is 2. The molecule has 14 nitrogen and oxygen atoms in total. The topological polar surface area (TPSA) is 162 Å². The summed E-state index contributed by atoms with van der Waals surface area (Å²) in [5.41, 5.74) is 0.989. The number of nitrogens with zero attached hydrogens (tertiary/aromatic N) is 8. The molecule has 1 atom stereocenters. The smallest absolute Gasteiger partial charge is 0.413 e. The van der Waals surface area contributed by atoms with Crippen LogP contribution in [0.4, 0.5) is 31.0 Å². The Morgan fingerprint density at radius 2 is 1.78 bits per heavy atom. The number of hydrogen-bond acceptors (Lipinski definition) is 11. The lowest BCUT2D eigenvalue weighted by Crippen LogP contribution is -2.37. The maximum Gasteiger partial charge on any atom is 0.413 e. The van der Waals surface area contributed by atoms with E-state index < -0.39 is 29.9 Å². The lowest BCUT2D eigenvalue weighted by atomic mass is 10.2. The highest BCUT2D eigenvalue weighted by molar-refractivity contribution is 6.03. The molecule has 1 aliphatic rings. The fourth-order valence-electron chi connectivity index (χ4n) is 3.92. The van der Waals surface area contributed by atoms with Crippen LogP contribution >= 0.6 is 0 Å². The standard InChI is InChI=1S/C25H24F2N10O4/c1-14(18-9-16(26)12-29-21(18)27)41-25(39)33-22-20(34-35-36(22)2)19-4-3-17(13-28-19)32-23(38)15-10-30-24(31-11-15)37-5-7-40-8-6-37/h3-4,9-14H,5-8H2,1-2H3,(H,32,38)(H,33,39)/t14-/m1/s1. The number of aromatic nitrogens is 7. The lowest BCUT2D eigenvalue weighted by Gasteiger charge is -2.26. The summed E-state index contributed by atoms with van der Waals surface area (Å²) in [6.45, 7) is 3.93. The van der Waals surface area contributed by atoms with Crippen molar-refractivity contribution < 1.29 is 27.8 Å². The minimum atomic E-state index is -1.13. The van der Waals surface area contributed by atoms with Crippen molar-refractivity contribution in [3.63, 3.8) is 0 Å². The molecule has 0 unspecified atom stereocenters. The molecule has 212 valence electrons. The van der Waals surface area contributed by atoms with E-state index in [-0.39, 0.29) is 22.6 Å². The Hall–Kier alpha value is -5.12. The monoisotopic (exact) mass is 566 g/mol. The van der Waals surface area contributed by atoms with Crippen LogP contribution in [0.15, 0.2) is 43.0 Å². The Balaban J connectivity index is 1.22. The summed E-state index contributed by atoms with van der Waals surface area (Å²) in [4.78, 5) is 43.3. The number of ether oxygens (including phenoxy) is 2. The molecular weight excluding hydrogens is 542 g/mol. The molecule has 4 aromatic heterocycles. The van der Waals surface area contributed by atoms with Gasteiger partial charge in [0, 0.05) is 32.5 Å². The quantitative estimate of drug-likeness (QED) is 0.316. The Morgan fingerprint density at radius 3 is 2.49 bits per heavy atom. The first-order chi connectivity index (χ1) is 19.8. The molecule has 0 spiro atoms. The Bertz CT molecular complexity index is 1540. The summed E-state index contributed by atoms with van der Waals surface area (Å²) in [7, 11) is 1.53. The average molecular weight is 567 g/mol. The summed E-state index contributed by atoms with van der Waals surface area (Å²) < 4.78 is 39.2. The van der Waals surface area contributed by atoms with Crippen molar-refractivity contribution in [3.05, 3.63) is 65.9 Å². The summed E-state index contributed by atoms with van der Waals surface area (Å²) in [6.07, 6.45) is 2.94. The Kier molecular flexibility index (Phi) is 8.00. The van der Waals surface area contributed by atoms with Crippen LogP contribution in [-0.2, 0) is 16.5 Å². The Morgan fingerprint density at radius 1 is 1.02 bits per heavy atom. The molecule has 1 saturated heterocycles. The van der Waals surface area contributed by atoms with Crippen molar-refractivity contribution in [2.24, 2.45) is 7.05 Å². The van der Waals surface area contributed by atoms with Crippen LogP contribution in [0.3, 0.4) is 0 Å². The molecule has 0 bridgehead atoms. The van der Waals surface area contributed by atoms with Crippen molar-refractivity contribution in [1.82, 2.24) is 34.9 Å². The van der Waals surface area contributed by atoms with Gasteiger partial charge in [0.25, 0.3) is 5.91 Å². The third-order valence-corrected chi connectivity index (χ3v) is 6.06. The van der Waals surface area contributed by atoms with E-state index in [1.807, 2.05) is 4.90 Å². The largest absolute Gasteiger partial charge is 0.441 e. The molecule has 16 heteroatoms. The van der Waals surface area contributed by atoms with E-state index in [9.17, 15) is 18.4 Å². The molecule has 2 N–H and O–H groups in total. The molecule has 41 heavy (non-hydrogen) atoms. The van der Waals surface area contributed by atoms with E-state index in [0.717, 1.165) is 12.3 Å². The fourth-order valence-corrected chi connectivity index (χ4v) is 3.92. The highest BCUT2D eigenvalue weighted by Crippen LogP contribution is 2.26. The zero-order chi connectivity index (χ0) is 28.9. The first-order valence-electron chi connectivity index (χ1n) is 12.4. The van der Waals surface area contributed by atoms with Crippen molar-refractivity contribution in [2.75, 3.05) is 41.8 Å². The number of pyridine rings is 2. The minimum absolute atomic E-state index is 0.141. The van der Waals surface area contributed by atoms with Gasteiger partial charge in [-0.05, 0) is 25.1 Å². The average Bonchev–Trinajstić information content (AvgIpc) is 3.34. The van der Waals surface area contributed by atoms with Gasteiger partial charge in [-0.25, -0.2) is 28.8 Å². The maximum atomic E-state index is 13.9. The van der Waals surface area contributed by atoms with Crippen LogP contribution in [0.5, 0.6) is 0 Å². The molecule has 0 radical (unpaired) electrons. The number of anilines is 3. The molecule has 0 aromatic carbocycles. The van der Waals surface area contributed by atoms with E-state index in [0.29, 0.717) is 43.6 Å². The van der Waals surface area contributed by atoms with Crippen molar-refractivity contribution in [3.8, 4) is 11.4 Å². The second-order valence-electron chi connectivity index (χ2n) is 8.87. The highest BCUT2D eigenvalue weighted by Gasteiger charge is 2.22. The van der Waals surface area contributed by atoms with Crippen molar-refractivity contribution in [2.45, 2.75) is 13.0 Å². The molecular formula is C25H24F2N10O4. The lowest BCUT2D eigenvalue weighted by molar-refractivity contribution is 0.102. The number of nitrogens with one attached hydrogen (secondary N) is 2. The second-order valence-corrected chi connectivity index (χ2v) is 8.87. The van der Waals surface area contributed by atoms with E-state index >= 15 is 0 Å². The van der Waals surface area contributed by atoms with Gasteiger partial charge in [0.15, 0.2) is 11.5 Å². The second kappa shape index (κ2) is 12.0. The van der Waals surface area contributed by atoms with Crippen LogP contribution < -0.4 is 15.5 Å². The van der Waals surface area contributed by atoms with Gasteiger partial charge in [-0.1, -0.05) is 5.21 Å². The molecule has 1 fully saturated rings. The fraction of sp³-hybridized carbons (Fsp3) is 0.280. The predicted octanol–water partition coefficient (Wildman–Crippen LogP) is 2.74. The van der Waals surface area contributed by atoms with Gasteiger partial charge in [0.05, 0.1) is 48.1 Å². The summed E-state index contributed by atoms with van der Waals surface area (Å²) in [5, 5.41) is 13.2. The maximum absolute atomic E-state index is 13.9. The third-order valence-electron chi connectivity index (χ3n) is 6.06. The van der Waals surface area contributed by atoms with E-state index in [1.165, 1.54) is 37.2 Å². The van der Waals surface area contributed by atoms with E-state index in [4.69, 9.17) is 9.47 Å². The number of rotatable bonds is 7. The highest BCUT2D eigenvalue weighted by atomic mass is 19.1. The zero-order valence-electron chi connectivity index (χ0n) is 21.9. The number of hydrogen-bond donors (Lipinski definition) is 2. The molecule has 2 amide bonds. The van der Waals surface area contributed by atoms with Crippen molar-refractivity contribution >= 4 is 29.5 Å². The van der Waals surface area contributed by atoms with Crippen LogP contribution in [0, 0.1) is 11.8 Å². The van der Waals surface area contributed by atoms with Gasteiger partial charge < -0.3 is 19.7 Å². The van der Waals surface area contributed by atoms with Crippen LogP contribution in [-0.4, -0.2) is 73.2 Å². The van der Waals surface area contributed by atoms with Crippen LogP contribution in [0.2, 0.25) is 0 Å². The van der Waals surface area contributed by atoms with Gasteiger partial charge in [0.1, 0.15) is 11.9 Å². The Labute approximate surface area is 231 Å². The number of amides is 2. The third kappa shape index (κ3) is 6.38. The van der Waals surface area contributed by atoms with E-state index in [2.05, 4.69) is 40.9 Å². The molecule has 5 rings (SSSR count). The van der Waals surface area contributed by atoms with Crippen LogP contribution in [0.1, 0.15) is 28.9 Å². The molecule has 1 aliphatic heterocycles. The molecule has 0 aliphatic carbocycles. The summed E-state index contributed by atoms with van der Waals surface area (Å²) in [5.74, 6) is -1.47. The normalized spacial score (nSPS) is 13.9. The molecule has 0 saturated carbocycles. The van der Waals surface area contributed by atoms with Gasteiger partial charge >= 0.3 is 6.09 Å². The zero-order valence-corrected chi connectivity index (χ0v) is 21.9.